The van der Waals surface area contributed by atoms with Gasteiger partial charge in [0.15, 0.2) is 0 Å². The van der Waals surface area contributed by atoms with Crippen molar-refractivity contribution >= 4 is 23.0 Å². The molecule has 0 aromatic heterocycles. The van der Waals surface area contributed by atoms with E-state index in [0.29, 0.717) is 11.8 Å². The fourth-order valence-electron chi connectivity index (χ4n) is 3.11. The predicted molar refractivity (Wildman–Crippen MR) is 112 cm³/mol. The molecular formula is C22H35ClN2. The summed E-state index contributed by atoms with van der Waals surface area (Å²) in [4.78, 5) is 0. The number of aryl methyl sites for hydroxylation is 2. The Morgan fingerprint density at radius 3 is 1.96 bits per heavy atom. The third-order valence-corrected chi connectivity index (χ3v) is 5.42. The van der Waals surface area contributed by atoms with E-state index in [4.69, 9.17) is 22.4 Å². The zero-order valence-electron chi connectivity index (χ0n) is 16.4. The average molecular weight is 363 g/mol. The van der Waals surface area contributed by atoms with Gasteiger partial charge in [0.1, 0.15) is 0 Å². The molecule has 2 atom stereocenters. The van der Waals surface area contributed by atoms with Gasteiger partial charge in [-0.05, 0) is 67.6 Å². The predicted octanol–water partition coefficient (Wildman–Crippen LogP) is 7.12. The molecule has 0 saturated carbocycles. The van der Waals surface area contributed by atoms with Crippen molar-refractivity contribution in [3.63, 3.8) is 0 Å². The highest BCUT2D eigenvalue weighted by Crippen LogP contribution is 2.23. The molecular weight excluding hydrogens is 328 g/mol. The molecule has 0 aliphatic heterocycles. The zero-order chi connectivity index (χ0) is 18.8. The van der Waals surface area contributed by atoms with Gasteiger partial charge in [0, 0.05) is 16.4 Å². The van der Waals surface area contributed by atoms with Crippen LogP contribution in [-0.2, 0) is 12.8 Å². The van der Waals surface area contributed by atoms with Crippen LogP contribution in [0.4, 0.5) is 0 Å². The molecule has 0 aliphatic rings. The minimum atomic E-state index is 0.328. The molecule has 25 heavy (non-hydrogen) atoms. The van der Waals surface area contributed by atoms with Gasteiger partial charge < -0.3 is 10.8 Å². The Labute approximate surface area is 159 Å². The summed E-state index contributed by atoms with van der Waals surface area (Å²) >= 11 is 6.39. The molecule has 0 aliphatic carbocycles. The molecule has 2 nitrogen and oxygen atoms in total. The van der Waals surface area contributed by atoms with Crippen LogP contribution >= 0.6 is 11.6 Å². The van der Waals surface area contributed by atoms with Crippen molar-refractivity contribution in [2.24, 2.45) is 11.8 Å². The highest BCUT2D eigenvalue weighted by atomic mass is 35.5. The second-order valence-corrected chi connectivity index (χ2v) is 7.76. The standard InChI is InChI=1S/C22H35ClN2/c1-5-7-21(24)16(3)9-11-18-12-14-20(23)19(15-18)13-10-17(4)22(25)8-6-2/h12,14-17,24-25H,5-11,13H2,1-4H3. The van der Waals surface area contributed by atoms with Gasteiger partial charge in [0.05, 0.1) is 0 Å². The molecule has 0 saturated heterocycles. The van der Waals surface area contributed by atoms with Crippen LogP contribution in [0.5, 0.6) is 0 Å². The Hall–Kier alpha value is -1.15. The van der Waals surface area contributed by atoms with Crippen LogP contribution in [0.25, 0.3) is 0 Å². The molecule has 1 aromatic carbocycles. The number of rotatable bonds is 12. The largest absolute Gasteiger partial charge is 0.309 e. The lowest BCUT2D eigenvalue weighted by Crippen LogP contribution is -2.11. The van der Waals surface area contributed by atoms with E-state index in [-0.39, 0.29) is 0 Å². The molecule has 0 spiro atoms. The van der Waals surface area contributed by atoms with E-state index in [1.54, 1.807) is 0 Å². The first-order valence-electron chi connectivity index (χ1n) is 9.80. The van der Waals surface area contributed by atoms with Crippen molar-refractivity contribution in [2.75, 3.05) is 0 Å². The summed E-state index contributed by atoms with van der Waals surface area (Å²) in [6.45, 7) is 8.57. The molecule has 1 rings (SSSR count). The number of hydrogen-bond acceptors (Lipinski definition) is 2. The van der Waals surface area contributed by atoms with Crippen LogP contribution in [0, 0.1) is 22.7 Å². The molecule has 0 bridgehead atoms. The Morgan fingerprint density at radius 2 is 1.44 bits per heavy atom. The molecule has 0 heterocycles. The third-order valence-electron chi connectivity index (χ3n) is 5.05. The summed E-state index contributed by atoms with van der Waals surface area (Å²) in [6, 6.07) is 6.36. The van der Waals surface area contributed by atoms with Crippen molar-refractivity contribution in [3.05, 3.63) is 34.3 Å². The molecule has 0 fully saturated rings. The molecule has 0 radical (unpaired) electrons. The molecule has 2 unspecified atom stereocenters. The SMILES string of the molecule is CCCC(=N)C(C)CCc1ccc(Cl)c(CCC(C)C(=N)CCC)c1. The van der Waals surface area contributed by atoms with Crippen LogP contribution in [0.3, 0.4) is 0 Å². The second-order valence-electron chi connectivity index (χ2n) is 7.36. The lowest BCUT2D eigenvalue weighted by atomic mass is 9.92. The van der Waals surface area contributed by atoms with Gasteiger partial charge in [-0.15, -0.1) is 0 Å². The van der Waals surface area contributed by atoms with Crippen LogP contribution in [-0.4, -0.2) is 11.4 Å². The van der Waals surface area contributed by atoms with Crippen molar-refractivity contribution in [1.29, 1.82) is 10.8 Å². The highest BCUT2D eigenvalue weighted by molar-refractivity contribution is 6.31. The zero-order valence-corrected chi connectivity index (χ0v) is 17.2. The first kappa shape index (κ1) is 21.9. The van der Waals surface area contributed by atoms with Gasteiger partial charge in [0.25, 0.3) is 0 Å². The summed E-state index contributed by atoms with van der Waals surface area (Å²) in [7, 11) is 0. The maximum atomic E-state index is 8.09. The summed E-state index contributed by atoms with van der Waals surface area (Å²) in [5.41, 5.74) is 4.25. The minimum absolute atomic E-state index is 0.328. The van der Waals surface area contributed by atoms with E-state index >= 15 is 0 Å². The van der Waals surface area contributed by atoms with E-state index in [1.807, 2.05) is 6.07 Å². The first-order chi connectivity index (χ1) is 11.9. The van der Waals surface area contributed by atoms with Gasteiger partial charge in [-0.25, -0.2) is 0 Å². The normalized spacial score (nSPS) is 13.5. The number of nitrogens with one attached hydrogen (secondary N) is 2. The smallest absolute Gasteiger partial charge is 0.0438 e. The number of benzene rings is 1. The van der Waals surface area contributed by atoms with Gasteiger partial charge >= 0.3 is 0 Å². The van der Waals surface area contributed by atoms with Crippen molar-refractivity contribution in [3.8, 4) is 0 Å². The Morgan fingerprint density at radius 1 is 0.920 bits per heavy atom. The number of halogens is 1. The average Bonchev–Trinajstić information content (AvgIpc) is 2.59. The van der Waals surface area contributed by atoms with Gasteiger partial charge in [-0.3, -0.25) is 0 Å². The van der Waals surface area contributed by atoms with Crippen molar-refractivity contribution in [1.82, 2.24) is 0 Å². The maximum absolute atomic E-state index is 8.09. The third kappa shape index (κ3) is 7.73. The van der Waals surface area contributed by atoms with Gasteiger partial charge in [-0.2, -0.15) is 0 Å². The monoisotopic (exact) mass is 362 g/mol. The summed E-state index contributed by atoms with van der Waals surface area (Å²) in [5.74, 6) is 0.683. The topological polar surface area (TPSA) is 47.7 Å². The van der Waals surface area contributed by atoms with Crippen LogP contribution in [0.15, 0.2) is 18.2 Å². The van der Waals surface area contributed by atoms with E-state index in [0.717, 1.165) is 67.8 Å². The Bertz CT molecular complexity index is 565. The molecule has 0 amide bonds. The minimum Gasteiger partial charge on any atom is -0.309 e. The summed E-state index contributed by atoms with van der Waals surface area (Å²) in [5, 5.41) is 17.0. The van der Waals surface area contributed by atoms with E-state index < -0.39 is 0 Å². The highest BCUT2D eigenvalue weighted by Gasteiger charge is 2.12. The Kier molecular flexibility index (Phi) is 10.0. The Balaban J connectivity index is 2.61. The van der Waals surface area contributed by atoms with Gasteiger partial charge in [-0.1, -0.05) is 64.3 Å². The lowest BCUT2D eigenvalue weighted by Gasteiger charge is -2.15. The molecule has 1 aromatic rings. The molecule has 2 N–H and O–H groups in total. The fraction of sp³-hybridized carbons (Fsp3) is 0.636. The first-order valence-corrected chi connectivity index (χ1v) is 10.2. The van der Waals surface area contributed by atoms with E-state index in [9.17, 15) is 0 Å². The summed E-state index contributed by atoms with van der Waals surface area (Å²) in [6.07, 6.45) is 7.85. The fourth-order valence-corrected chi connectivity index (χ4v) is 3.32. The molecule has 3 heteroatoms. The van der Waals surface area contributed by atoms with Crippen LogP contribution < -0.4 is 0 Å². The van der Waals surface area contributed by atoms with Crippen LogP contribution in [0.1, 0.15) is 77.3 Å². The van der Waals surface area contributed by atoms with Gasteiger partial charge in [0.2, 0.25) is 0 Å². The molecule has 140 valence electrons. The summed E-state index contributed by atoms with van der Waals surface area (Å²) < 4.78 is 0. The lowest BCUT2D eigenvalue weighted by molar-refractivity contribution is 0.655. The van der Waals surface area contributed by atoms with Crippen LogP contribution in [0.2, 0.25) is 5.02 Å². The van der Waals surface area contributed by atoms with Crippen molar-refractivity contribution in [2.45, 2.75) is 79.1 Å². The quantitative estimate of drug-likeness (QED) is 0.372. The van der Waals surface area contributed by atoms with Crippen molar-refractivity contribution < 1.29 is 0 Å². The van der Waals surface area contributed by atoms with E-state index in [1.165, 1.54) is 11.1 Å². The van der Waals surface area contributed by atoms with E-state index in [2.05, 4.69) is 39.8 Å². The maximum Gasteiger partial charge on any atom is 0.0438 e. The number of hydrogen-bond donors (Lipinski definition) is 2. The second kappa shape index (κ2) is 11.5.